The number of nitrogens with two attached hydrogens (primary N) is 1. The summed E-state index contributed by atoms with van der Waals surface area (Å²) >= 11 is 0. The Labute approximate surface area is 65.2 Å². The lowest BCUT2D eigenvalue weighted by molar-refractivity contribution is 0.134. The minimum Gasteiger partial charge on any atom is -0.383 e. The van der Waals surface area contributed by atoms with Crippen LogP contribution >= 0.6 is 0 Å². The van der Waals surface area contributed by atoms with E-state index in [1.165, 1.54) is 11.1 Å². The molecule has 58 valence electrons. The van der Waals surface area contributed by atoms with Crippen molar-refractivity contribution in [3.63, 3.8) is 0 Å². The van der Waals surface area contributed by atoms with Crippen molar-refractivity contribution in [2.45, 2.75) is 20.1 Å². The zero-order chi connectivity index (χ0) is 7.84. The van der Waals surface area contributed by atoms with Crippen LogP contribution in [-0.4, -0.2) is 4.98 Å². The number of pyridine rings is 1. The van der Waals surface area contributed by atoms with Crippen molar-refractivity contribution in [2.24, 2.45) is 0 Å². The number of ether oxygens (including phenoxy) is 1. The Bertz CT molecular complexity index is 267. The summed E-state index contributed by atoms with van der Waals surface area (Å²) in [5.41, 5.74) is 9.12. The van der Waals surface area contributed by atoms with E-state index in [0.717, 1.165) is 5.56 Å². The minimum atomic E-state index is 0.614. The van der Waals surface area contributed by atoms with E-state index in [4.69, 9.17) is 10.5 Å². The van der Waals surface area contributed by atoms with Gasteiger partial charge in [-0.1, -0.05) is 0 Å². The van der Waals surface area contributed by atoms with Gasteiger partial charge in [0.05, 0.1) is 13.2 Å². The standard InChI is InChI=1S/C8H10N2O/c1-5-2-10-8(9)7-4-11-3-6(5)7/h2H,3-4H2,1H3,(H2,9,10). The summed E-state index contributed by atoms with van der Waals surface area (Å²) in [6.45, 7) is 3.34. The Morgan fingerprint density at radius 2 is 2.18 bits per heavy atom. The molecule has 0 saturated carbocycles. The van der Waals surface area contributed by atoms with Crippen LogP contribution in [0.25, 0.3) is 0 Å². The number of nitrogen functional groups attached to an aromatic ring is 1. The molecule has 0 atom stereocenters. The maximum Gasteiger partial charge on any atom is 0.129 e. The van der Waals surface area contributed by atoms with Gasteiger partial charge < -0.3 is 10.5 Å². The van der Waals surface area contributed by atoms with E-state index in [1.807, 2.05) is 6.92 Å². The van der Waals surface area contributed by atoms with Crippen molar-refractivity contribution in [2.75, 3.05) is 5.73 Å². The third-order valence-corrected chi connectivity index (χ3v) is 2.04. The van der Waals surface area contributed by atoms with Gasteiger partial charge in [0.1, 0.15) is 5.82 Å². The average molecular weight is 150 g/mol. The van der Waals surface area contributed by atoms with Crippen LogP contribution in [-0.2, 0) is 18.0 Å². The van der Waals surface area contributed by atoms with Crippen molar-refractivity contribution >= 4 is 5.82 Å². The van der Waals surface area contributed by atoms with Gasteiger partial charge in [0.25, 0.3) is 0 Å². The highest BCUT2D eigenvalue weighted by molar-refractivity contribution is 5.48. The number of hydrogen-bond donors (Lipinski definition) is 1. The number of aromatic nitrogens is 1. The molecule has 3 heteroatoms. The summed E-state index contributed by atoms with van der Waals surface area (Å²) in [5, 5.41) is 0. The van der Waals surface area contributed by atoms with Gasteiger partial charge in [-0.2, -0.15) is 0 Å². The first-order valence-corrected chi connectivity index (χ1v) is 3.59. The molecule has 0 spiro atoms. The van der Waals surface area contributed by atoms with Gasteiger partial charge in [0.15, 0.2) is 0 Å². The second kappa shape index (κ2) is 2.20. The van der Waals surface area contributed by atoms with E-state index < -0.39 is 0 Å². The fourth-order valence-electron chi connectivity index (χ4n) is 1.33. The molecule has 0 saturated heterocycles. The van der Waals surface area contributed by atoms with E-state index in [1.54, 1.807) is 6.20 Å². The lowest BCUT2D eigenvalue weighted by Crippen LogP contribution is -1.98. The molecular formula is C8H10N2O. The Balaban J connectivity index is 2.64. The first-order valence-electron chi connectivity index (χ1n) is 3.59. The number of anilines is 1. The van der Waals surface area contributed by atoms with Crippen LogP contribution in [0.3, 0.4) is 0 Å². The molecule has 3 nitrogen and oxygen atoms in total. The van der Waals surface area contributed by atoms with Crippen molar-refractivity contribution in [3.8, 4) is 0 Å². The number of rotatable bonds is 0. The fraction of sp³-hybridized carbons (Fsp3) is 0.375. The van der Waals surface area contributed by atoms with E-state index in [9.17, 15) is 0 Å². The molecule has 11 heavy (non-hydrogen) atoms. The normalized spacial score (nSPS) is 15.0. The Morgan fingerprint density at radius 1 is 1.45 bits per heavy atom. The Kier molecular flexibility index (Phi) is 1.32. The van der Waals surface area contributed by atoms with Crippen LogP contribution in [0, 0.1) is 6.92 Å². The van der Waals surface area contributed by atoms with Gasteiger partial charge in [0, 0.05) is 11.8 Å². The summed E-state index contributed by atoms with van der Waals surface area (Å²) < 4.78 is 5.26. The molecule has 0 amide bonds. The molecule has 0 aliphatic carbocycles. The number of nitrogens with zero attached hydrogens (tertiary/aromatic N) is 1. The van der Waals surface area contributed by atoms with Crippen molar-refractivity contribution in [3.05, 3.63) is 22.9 Å². The van der Waals surface area contributed by atoms with Crippen LogP contribution in [0.2, 0.25) is 0 Å². The molecule has 2 N–H and O–H groups in total. The number of hydrogen-bond acceptors (Lipinski definition) is 3. The smallest absolute Gasteiger partial charge is 0.129 e. The third kappa shape index (κ3) is 0.886. The SMILES string of the molecule is Cc1cnc(N)c2c1COC2. The molecule has 1 aliphatic heterocycles. The summed E-state index contributed by atoms with van der Waals surface area (Å²) in [6.07, 6.45) is 1.79. The molecule has 0 radical (unpaired) electrons. The fourth-order valence-corrected chi connectivity index (χ4v) is 1.33. The average Bonchev–Trinajstić information content (AvgIpc) is 2.45. The Morgan fingerprint density at radius 3 is 2.91 bits per heavy atom. The predicted octanol–water partition coefficient (Wildman–Crippen LogP) is 1.00. The van der Waals surface area contributed by atoms with Crippen LogP contribution < -0.4 is 5.73 Å². The van der Waals surface area contributed by atoms with E-state index in [2.05, 4.69) is 4.98 Å². The summed E-state index contributed by atoms with van der Waals surface area (Å²) in [7, 11) is 0. The summed E-state index contributed by atoms with van der Waals surface area (Å²) in [5.74, 6) is 0.614. The monoisotopic (exact) mass is 150 g/mol. The zero-order valence-corrected chi connectivity index (χ0v) is 6.42. The van der Waals surface area contributed by atoms with Crippen LogP contribution in [0.1, 0.15) is 16.7 Å². The molecule has 0 fully saturated rings. The molecule has 2 rings (SSSR count). The van der Waals surface area contributed by atoms with Gasteiger partial charge in [-0.25, -0.2) is 4.98 Å². The quantitative estimate of drug-likeness (QED) is 0.600. The van der Waals surface area contributed by atoms with Crippen molar-refractivity contribution in [1.82, 2.24) is 4.98 Å². The largest absolute Gasteiger partial charge is 0.383 e. The third-order valence-electron chi connectivity index (χ3n) is 2.04. The zero-order valence-electron chi connectivity index (χ0n) is 6.42. The van der Waals surface area contributed by atoms with Crippen LogP contribution in [0.5, 0.6) is 0 Å². The molecule has 0 bridgehead atoms. The maximum atomic E-state index is 5.65. The maximum absolute atomic E-state index is 5.65. The molecule has 0 aromatic carbocycles. The molecule has 1 aromatic heterocycles. The first kappa shape index (κ1) is 6.61. The molecule has 1 aliphatic rings. The molecule has 1 aromatic rings. The van der Waals surface area contributed by atoms with Crippen LogP contribution in [0.15, 0.2) is 6.20 Å². The van der Waals surface area contributed by atoms with Crippen molar-refractivity contribution < 1.29 is 4.74 Å². The lowest BCUT2D eigenvalue weighted by atomic mass is 10.1. The lowest BCUT2D eigenvalue weighted by Gasteiger charge is -2.02. The number of aryl methyl sites for hydroxylation is 1. The highest BCUT2D eigenvalue weighted by atomic mass is 16.5. The van der Waals surface area contributed by atoms with Gasteiger partial charge in [-0.15, -0.1) is 0 Å². The van der Waals surface area contributed by atoms with E-state index in [-0.39, 0.29) is 0 Å². The van der Waals surface area contributed by atoms with Gasteiger partial charge in [0.2, 0.25) is 0 Å². The highest BCUT2D eigenvalue weighted by Gasteiger charge is 2.16. The topological polar surface area (TPSA) is 48.1 Å². The summed E-state index contributed by atoms with van der Waals surface area (Å²) in [4.78, 5) is 4.05. The van der Waals surface area contributed by atoms with E-state index >= 15 is 0 Å². The highest BCUT2D eigenvalue weighted by Crippen LogP contribution is 2.25. The minimum absolute atomic E-state index is 0.614. The Hall–Kier alpha value is -1.09. The molecular weight excluding hydrogens is 140 g/mol. The van der Waals surface area contributed by atoms with E-state index in [0.29, 0.717) is 19.0 Å². The van der Waals surface area contributed by atoms with Crippen LogP contribution in [0.4, 0.5) is 5.82 Å². The second-order valence-electron chi connectivity index (χ2n) is 2.78. The first-order chi connectivity index (χ1) is 5.29. The predicted molar refractivity (Wildman–Crippen MR) is 41.9 cm³/mol. The molecule has 0 unspecified atom stereocenters. The van der Waals surface area contributed by atoms with Gasteiger partial charge in [-0.3, -0.25) is 0 Å². The number of fused-ring (bicyclic) bond motifs is 1. The second-order valence-corrected chi connectivity index (χ2v) is 2.78. The van der Waals surface area contributed by atoms with Gasteiger partial charge >= 0.3 is 0 Å². The van der Waals surface area contributed by atoms with Crippen molar-refractivity contribution in [1.29, 1.82) is 0 Å². The summed E-state index contributed by atoms with van der Waals surface area (Å²) in [6, 6.07) is 0. The van der Waals surface area contributed by atoms with Gasteiger partial charge in [-0.05, 0) is 18.1 Å². The molecule has 2 heterocycles.